The molecule has 0 saturated carbocycles. The van der Waals surface area contributed by atoms with E-state index in [1.807, 2.05) is 24.3 Å². The molecule has 2 aliphatic carbocycles. The van der Waals surface area contributed by atoms with Crippen LogP contribution in [-0.4, -0.2) is 9.55 Å². The van der Waals surface area contributed by atoms with Crippen molar-refractivity contribution in [3.05, 3.63) is 156 Å². The lowest BCUT2D eigenvalue weighted by atomic mass is 9.70. The summed E-state index contributed by atoms with van der Waals surface area (Å²) in [5.74, 6) is 2.61. The molecule has 0 fully saturated rings. The van der Waals surface area contributed by atoms with Crippen molar-refractivity contribution in [1.82, 2.24) is 9.55 Å². The van der Waals surface area contributed by atoms with Gasteiger partial charge in [-0.25, -0.2) is 4.98 Å². The molecule has 7 aromatic rings. The summed E-state index contributed by atoms with van der Waals surface area (Å²) >= 11 is 0. The highest BCUT2D eigenvalue weighted by Crippen LogP contribution is 2.63. The van der Waals surface area contributed by atoms with Gasteiger partial charge < -0.3 is 4.74 Å². The molecule has 0 bridgehead atoms. The Morgan fingerprint density at radius 1 is 0.512 bits per heavy atom. The van der Waals surface area contributed by atoms with Crippen molar-refractivity contribution in [2.75, 3.05) is 0 Å². The van der Waals surface area contributed by atoms with Gasteiger partial charge in [0.15, 0.2) is 11.5 Å². The molecule has 1 spiro atoms. The molecule has 3 nitrogen and oxygen atoms in total. The average molecular weight is 523 g/mol. The van der Waals surface area contributed by atoms with Crippen molar-refractivity contribution in [3.8, 4) is 50.8 Å². The number of fused-ring (bicyclic) bond motifs is 12. The van der Waals surface area contributed by atoms with Crippen molar-refractivity contribution in [2.45, 2.75) is 5.41 Å². The Balaban J connectivity index is 1.32. The van der Waals surface area contributed by atoms with Crippen LogP contribution in [0.3, 0.4) is 0 Å². The molecule has 6 aromatic carbocycles. The first-order valence-corrected chi connectivity index (χ1v) is 14.1. The second-order valence-corrected chi connectivity index (χ2v) is 11.1. The number of hydrogen-bond acceptors (Lipinski definition) is 2. The Bertz CT molecular complexity index is 2190. The van der Waals surface area contributed by atoms with Crippen molar-refractivity contribution < 1.29 is 4.74 Å². The summed E-state index contributed by atoms with van der Waals surface area (Å²) < 4.78 is 8.58. The number of benzene rings is 6. The zero-order chi connectivity index (χ0) is 26.7. The van der Waals surface area contributed by atoms with E-state index in [4.69, 9.17) is 9.72 Å². The van der Waals surface area contributed by atoms with Gasteiger partial charge >= 0.3 is 0 Å². The second kappa shape index (κ2) is 7.41. The van der Waals surface area contributed by atoms with Crippen molar-refractivity contribution in [3.63, 3.8) is 0 Å². The van der Waals surface area contributed by atoms with Gasteiger partial charge in [-0.1, -0.05) is 103 Å². The topological polar surface area (TPSA) is 27.1 Å². The van der Waals surface area contributed by atoms with Crippen LogP contribution in [0.4, 0.5) is 0 Å². The minimum atomic E-state index is -0.380. The highest BCUT2D eigenvalue weighted by Gasteiger charge is 2.51. The number of imidazole rings is 1. The van der Waals surface area contributed by atoms with Gasteiger partial charge in [0.05, 0.1) is 16.6 Å². The first-order valence-electron chi connectivity index (χ1n) is 14.1. The van der Waals surface area contributed by atoms with E-state index in [0.717, 1.165) is 39.6 Å². The summed E-state index contributed by atoms with van der Waals surface area (Å²) in [6, 6.07) is 48.1. The molecule has 0 saturated heterocycles. The summed E-state index contributed by atoms with van der Waals surface area (Å²) in [4.78, 5) is 5.21. The molecule has 3 heteroatoms. The van der Waals surface area contributed by atoms with Gasteiger partial charge in [-0.15, -0.1) is 0 Å². The Labute approximate surface area is 236 Å². The molecule has 0 unspecified atom stereocenters. The van der Waals surface area contributed by atoms with Gasteiger partial charge in [0.1, 0.15) is 11.3 Å². The fraction of sp³-hybridized carbons (Fsp3) is 0.0263. The SMILES string of the molecule is c1ccc2c(c1)Oc1cccc3nc(-c4ccc5c(c4)C4(c6ccccc6-c6ccccc64)c4ccccc4-5)n-2c13. The third-order valence-corrected chi connectivity index (χ3v) is 9.22. The largest absolute Gasteiger partial charge is 0.453 e. The van der Waals surface area contributed by atoms with E-state index in [0.29, 0.717) is 0 Å². The Kier molecular flexibility index (Phi) is 3.87. The van der Waals surface area contributed by atoms with Crippen LogP contribution in [0.15, 0.2) is 133 Å². The predicted molar refractivity (Wildman–Crippen MR) is 163 cm³/mol. The first kappa shape index (κ1) is 21.4. The van der Waals surface area contributed by atoms with E-state index in [-0.39, 0.29) is 5.41 Å². The first-order chi connectivity index (χ1) is 20.3. The maximum atomic E-state index is 6.31. The van der Waals surface area contributed by atoms with E-state index in [9.17, 15) is 0 Å². The van der Waals surface area contributed by atoms with Crippen LogP contribution in [0.1, 0.15) is 22.3 Å². The lowest BCUT2D eigenvalue weighted by Crippen LogP contribution is -2.25. The Morgan fingerprint density at radius 2 is 1.10 bits per heavy atom. The van der Waals surface area contributed by atoms with Gasteiger partial charge in [0.25, 0.3) is 0 Å². The minimum Gasteiger partial charge on any atom is -0.453 e. The van der Waals surface area contributed by atoms with Gasteiger partial charge in [0.2, 0.25) is 0 Å². The number of nitrogens with zero attached hydrogens (tertiary/aromatic N) is 2. The predicted octanol–water partition coefficient (Wildman–Crippen LogP) is 9.14. The maximum Gasteiger partial charge on any atom is 0.153 e. The van der Waals surface area contributed by atoms with Gasteiger partial charge in [0, 0.05) is 5.56 Å². The fourth-order valence-electron chi connectivity index (χ4n) is 7.69. The maximum absolute atomic E-state index is 6.31. The lowest BCUT2D eigenvalue weighted by molar-refractivity contribution is 0.476. The standard InChI is InChI=1S/C38H22N2O/c1-4-13-28-24(10-1)25-11-2-5-14-29(25)38(28)30-15-6-3-12-26(30)27-21-20-23(22-31(27)38)37-39-32-16-9-19-35-36(32)40(37)33-17-7-8-18-34(33)41-35/h1-22H. The number of hydrogen-bond donors (Lipinski definition) is 0. The summed E-state index contributed by atoms with van der Waals surface area (Å²) in [5, 5.41) is 0. The molecule has 0 amide bonds. The summed E-state index contributed by atoms with van der Waals surface area (Å²) in [5.41, 5.74) is 14.2. The fourth-order valence-corrected chi connectivity index (χ4v) is 7.69. The molecule has 41 heavy (non-hydrogen) atoms. The minimum absolute atomic E-state index is 0.380. The molecule has 10 rings (SSSR count). The summed E-state index contributed by atoms with van der Waals surface area (Å²) in [6.45, 7) is 0. The molecule has 1 aliphatic heterocycles. The molecule has 0 atom stereocenters. The number of para-hydroxylation sites is 3. The van der Waals surface area contributed by atoms with E-state index in [1.165, 1.54) is 44.5 Å². The zero-order valence-corrected chi connectivity index (χ0v) is 22.0. The van der Waals surface area contributed by atoms with Gasteiger partial charge in [-0.2, -0.15) is 0 Å². The molecule has 2 heterocycles. The highest BCUT2D eigenvalue weighted by atomic mass is 16.5. The van der Waals surface area contributed by atoms with Crippen LogP contribution in [0.2, 0.25) is 0 Å². The second-order valence-electron chi connectivity index (χ2n) is 11.1. The van der Waals surface area contributed by atoms with Gasteiger partial charge in [-0.05, 0) is 74.8 Å². The van der Waals surface area contributed by atoms with Crippen molar-refractivity contribution >= 4 is 11.0 Å². The Hall–Kier alpha value is -5.41. The van der Waals surface area contributed by atoms with Crippen molar-refractivity contribution in [2.24, 2.45) is 0 Å². The molecule has 0 radical (unpaired) electrons. The third kappa shape index (κ3) is 2.48. The molecule has 1 aromatic heterocycles. The van der Waals surface area contributed by atoms with Crippen LogP contribution in [0, 0.1) is 0 Å². The molecular formula is C38H22N2O. The zero-order valence-electron chi connectivity index (χ0n) is 22.0. The quantitative estimate of drug-likeness (QED) is 0.215. The number of ether oxygens (including phenoxy) is 1. The van der Waals surface area contributed by atoms with Gasteiger partial charge in [-0.3, -0.25) is 4.57 Å². The van der Waals surface area contributed by atoms with Crippen LogP contribution >= 0.6 is 0 Å². The molecule has 190 valence electrons. The van der Waals surface area contributed by atoms with E-state index in [1.54, 1.807) is 0 Å². The van der Waals surface area contributed by atoms with Crippen LogP contribution in [0.25, 0.3) is 50.4 Å². The number of aromatic nitrogens is 2. The Morgan fingerprint density at radius 3 is 1.80 bits per heavy atom. The molecular weight excluding hydrogens is 500 g/mol. The number of rotatable bonds is 1. The average Bonchev–Trinajstić information content (AvgIpc) is 3.67. The smallest absolute Gasteiger partial charge is 0.153 e. The summed E-state index contributed by atoms with van der Waals surface area (Å²) in [7, 11) is 0. The normalized spacial score (nSPS) is 14.2. The van der Waals surface area contributed by atoms with E-state index < -0.39 is 0 Å². The third-order valence-electron chi connectivity index (χ3n) is 9.22. The molecule has 3 aliphatic rings. The van der Waals surface area contributed by atoms with Crippen molar-refractivity contribution in [1.29, 1.82) is 0 Å². The van der Waals surface area contributed by atoms with E-state index in [2.05, 4.69) is 114 Å². The van der Waals surface area contributed by atoms with Crippen LogP contribution < -0.4 is 4.74 Å². The highest BCUT2D eigenvalue weighted by molar-refractivity contribution is 5.96. The summed E-state index contributed by atoms with van der Waals surface area (Å²) in [6.07, 6.45) is 0. The van der Waals surface area contributed by atoms with Crippen LogP contribution in [0.5, 0.6) is 11.5 Å². The lowest BCUT2D eigenvalue weighted by Gasteiger charge is -2.30. The van der Waals surface area contributed by atoms with E-state index >= 15 is 0 Å². The molecule has 0 N–H and O–H groups in total. The monoisotopic (exact) mass is 522 g/mol. The van der Waals surface area contributed by atoms with Crippen LogP contribution in [-0.2, 0) is 5.41 Å².